The van der Waals surface area contributed by atoms with Gasteiger partial charge in [0.15, 0.2) is 0 Å². The van der Waals surface area contributed by atoms with Crippen molar-refractivity contribution in [2.24, 2.45) is 0 Å². The minimum Gasteiger partial charge on any atom is -0.490 e. The lowest BCUT2D eigenvalue weighted by molar-refractivity contribution is 0.0669. The van der Waals surface area contributed by atoms with E-state index in [4.69, 9.17) is 9.47 Å². The van der Waals surface area contributed by atoms with Crippen LogP contribution >= 0.6 is 27.3 Å². The number of carbonyl (C=O) groups excluding carboxylic acids is 2. The Bertz CT molecular complexity index is 759. The predicted molar refractivity (Wildman–Crippen MR) is 97.9 cm³/mol. The molecule has 1 aromatic heterocycles. The van der Waals surface area contributed by atoms with E-state index in [1.54, 1.807) is 36.4 Å². The highest BCUT2D eigenvalue weighted by Gasteiger charge is 2.19. The Hall–Kier alpha value is -1.90. The number of carbonyl (C=O) groups is 2. The number of hydrogen-bond acceptors (Lipinski definition) is 5. The smallest absolute Gasteiger partial charge is 0.279 e. The molecule has 1 atom stereocenters. The molecule has 0 aliphatic carbocycles. The van der Waals surface area contributed by atoms with E-state index in [2.05, 4.69) is 26.8 Å². The lowest BCUT2D eigenvalue weighted by atomic mass is 10.2. The van der Waals surface area contributed by atoms with Gasteiger partial charge in [0.25, 0.3) is 11.8 Å². The summed E-state index contributed by atoms with van der Waals surface area (Å²) in [7, 11) is 0. The van der Waals surface area contributed by atoms with Gasteiger partial charge >= 0.3 is 0 Å². The van der Waals surface area contributed by atoms with Crippen LogP contribution < -0.4 is 15.6 Å². The Kier molecular flexibility index (Phi) is 6.06. The molecular formula is C17H17BrN2O4S. The van der Waals surface area contributed by atoms with E-state index in [1.807, 2.05) is 0 Å². The zero-order valence-electron chi connectivity index (χ0n) is 13.3. The fourth-order valence-corrected chi connectivity index (χ4v) is 3.70. The zero-order chi connectivity index (χ0) is 17.6. The van der Waals surface area contributed by atoms with E-state index in [9.17, 15) is 9.59 Å². The Labute approximate surface area is 157 Å². The van der Waals surface area contributed by atoms with Gasteiger partial charge in [-0.1, -0.05) is 12.1 Å². The molecule has 1 aliphatic heterocycles. The highest BCUT2D eigenvalue weighted by molar-refractivity contribution is 9.11. The van der Waals surface area contributed by atoms with Gasteiger partial charge in [0.05, 0.1) is 20.3 Å². The molecule has 1 fully saturated rings. The molecule has 0 spiro atoms. The zero-order valence-corrected chi connectivity index (χ0v) is 15.7. The Balaban J connectivity index is 1.58. The molecule has 25 heavy (non-hydrogen) atoms. The van der Waals surface area contributed by atoms with Gasteiger partial charge in [-0.25, -0.2) is 0 Å². The maximum absolute atomic E-state index is 12.4. The SMILES string of the molecule is O=C(NNC(=O)c1ccccc1OCC1CCCO1)c1ccc(Br)s1. The van der Waals surface area contributed by atoms with Gasteiger partial charge in [-0.05, 0) is 53.0 Å². The van der Waals surface area contributed by atoms with Crippen LogP contribution in [0.1, 0.15) is 32.9 Å². The van der Waals surface area contributed by atoms with Crippen LogP contribution in [0.15, 0.2) is 40.2 Å². The molecule has 132 valence electrons. The van der Waals surface area contributed by atoms with E-state index in [1.165, 1.54) is 11.3 Å². The summed E-state index contributed by atoms with van der Waals surface area (Å²) >= 11 is 4.58. The molecule has 6 nitrogen and oxygen atoms in total. The van der Waals surface area contributed by atoms with Crippen molar-refractivity contribution in [2.75, 3.05) is 13.2 Å². The summed E-state index contributed by atoms with van der Waals surface area (Å²) in [5.74, 6) is -0.350. The van der Waals surface area contributed by atoms with E-state index in [-0.39, 0.29) is 12.0 Å². The van der Waals surface area contributed by atoms with Crippen molar-refractivity contribution in [3.05, 3.63) is 50.6 Å². The largest absolute Gasteiger partial charge is 0.490 e. The summed E-state index contributed by atoms with van der Waals surface area (Å²) in [6.45, 7) is 1.15. The molecule has 1 aliphatic rings. The first-order chi connectivity index (χ1) is 12.1. The van der Waals surface area contributed by atoms with Crippen molar-refractivity contribution < 1.29 is 19.1 Å². The van der Waals surface area contributed by atoms with Crippen molar-refractivity contribution in [2.45, 2.75) is 18.9 Å². The Morgan fingerprint density at radius 2 is 2.00 bits per heavy atom. The molecule has 0 radical (unpaired) electrons. The first kappa shape index (κ1) is 17.9. The molecule has 0 bridgehead atoms. The quantitative estimate of drug-likeness (QED) is 0.722. The summed E-state index contributed by atoms with van der Waals surface area (Å²) in [6.07, 6.45) is 2.05. The topological polar surface area (TPSA) is 76.7 Å². The van der Waals surface area contributed by atoms with Crippen LogP contribution in [-0.2, 0) is 4.74 Å². The number of nitrogens with one attached hydrogen (secondary N) is 2. The number of para-hydroxylation sites is 1. The lowest BCUT2D eigenvalue weighted by Gasteiger charge is -2.14. The van der Waals surface area contributed by atoms with Crippen LogP contribution in [0.4, 0.5) is 0 Å². The minimum absolute atomic E-state index is 0.0631. The minimum atomic E-state index is -0.438. The predicted octanol–water partition coefficient (Wildman–Crippen LogP) is 3.14. The average Bonchev–Trinajstić information content (AvgIpc) is 3.29. The van der Waals surface area contributed by atoms with Crippen molar-refractivity contribution in [1.29, 1.82) is 0 Å². The number of ether oxygens (including phenoxy) is 2. The lowest BCUT2D eigenvalue weighted by Crippen LogP contribution is -2.41. The molecule has 0 saturated carbocycles. The first-order valence-electron chi connectivity index (χ1n) is 7.83. The van der Waals surface area contributed by atoms with E-state index >= 15 is 0 Å². The third-order valence-corrected chi connectivity index (χ3v) is 5.29. The Morgan fingerprint density at radius 1 is 1.20 bits per heavy atom. The van der Waals surface area contributed by atoms with E-state index in [0.717, 1.165) is 23.2 Å². The molecule has 2 aromatic rings. The summed E-state index contributed by atoms with van der Waals surface area (Å²) in [5, 5.41) is 0. The van der Waals surface area contributed by atoms with Gasteiger partial charge in [-0.15, -0.1) is 11.3 Å². The molecule has 2 amide bonds. The third-order valence-electron chi connectivity index (χ3n) is 3.67. The van der Waals surface area contributed by atoms with E-state index < -0.39 is 5.91 Å². The van der Waals surface area contributed by atoms with Crippen molar-refractivity contribution in [3.8, 4) is 5.75 Å². The second-order valence-electron chi connectivity index (χ2n) is 5.45. The monoisotopic (exact) mass is 424 g/mol. The van der Waals surface area contributed by atoms with Crippen LogP contribution in [0.3, 0.4) is 0 Å². The van der Waals surface area contributed by atoms with Gasteiger partial charge < -0.3 is 9.47 Å². The fourth-order valence-electron chi connectivity index (χ4n) is 2.42. The maximum Gasteiger partial charge on any atom is 0.279 e. The van der Waals surface area contributed by atoms with Crippen molar-refractivity contribution in [1.82, 2.24) is 10.9 Å². The van der Waals surface area contributed by atoms with Crippen molar-refractivity contribution >= 4 is 39.1 Å². The number of hydrogen-bond donors (Lipinski definition) is 2. The third kappa shape index (κ3) is 4.81. The molecule has 2 heterocycles. The van der Waals surface area contributed by atoms with Crippen molar-refractivity contribution in [3.63, 3.8) is 0 Å². The average molecular weight is 425 g/mol. The van der Waals surface area contributed by atoms with Gasteiger partial charge in [-0.2, -0.15) is 0 Å². The Morgan fingerprint density at radius 3 is 2.72 bits per heavy atom. The number of hydrazine groups is 1. The number of thiophene rings is 1. The molecule has 1 aromatic carbocycles. The van der Waals surface area contributed by atoms with Crippen LogP contribution in [0, 0.1) is 0 Å². The summed E-state index contributed by atoms with van der Waals surface area (Å²) in [4.78, 5) is 24.8. The normalized spacial score (nSPS) is 16.4. The van der Waals surface area contributed by atoms with Gasteiger partial charge in [-0.3, -0.25) is 20.4 Å². The van der Waals surface area contributed by atoms with Crippen LogP contribution in [0.5, 0.6) is 5.75 Å². The van der Waals surface area contributed by atoms with Gasteiger partial charge in [0.1, 0.15) is 12.4 Å². The number of halogens is 1. The van der Waals surface area contributed by atoms with E-state index in [0.29, 0.717) is 22.8 Å². The highest BCUT2D eigenvalue weighted by Crippen LogP contribution is 2.22. The number of benzene rings is 1. The van der Waals surface area contributed by atoms with Crippen LogP contribution in [-0.4, -0.2) is 31.1 Å². The molecule has 1 unspecified atom stereocenters. The maximum atomic E-state index is 12.4. The molecule has 3 rings (SSSR count). The first-order valence-corrected chi connectivity index (χ1v) is 9.44. The second-order valence-corrected chi connectivity index (χ2v) is 7.92. The number of rotatable bonds is 5. The fraction of sp³-hybridized carbons (Fsp3) is 0.294. The molecular weight excluding hydrogens is 408 g/mol. The van der Waals surface area contributed by atoms with Crippen LogP contribution in [0.25, 0.3) is 0 Å². The van der Waals surface area contributed by atoms with Crippen LogP contribution in [0.2, 0.25) is 0 Å². The molecule has 2 N–H and O–H groups in total. The number of amides is 2. The second kappa shape index (κ2) is 8.46. The summed E-state index contributed by atoms with van der Waals surface area (Å²) < 4.78 is 12.1. The summed E-state index contributed by atoms with van der Waals surface area (Å²) in [6, 6.07) is 10.4. The molecule has 1 saturated heterocycles. The summed E-state index contributed by atoms with van der Waals surface area (Å²) in [5.41, 5.74) is 5.18. The highest BCUT2D eigenvalue weighted by atomic mass is 79.9. The van der Waals surface area contributed by atoms with Gasteiger partial charge in [0, 0.05) is 6.61 Å². The standard InChI is InChI=1S/C17H17BrN2O4S/c18-15-8-7-14(25-15)17(22)20-19-16(21)12-5-1-2-6-13(12)24-10-11-4-3-9-23-11/h1-2,5-8,11H,3-4,9-10H2,(H,19,21)(H,20,22). The van der Waals surface area contributed by atoms with Gasteiger partial charge in [0.2, 0.25) is 0 Å². The molecule has 8 heteroatoms.